The first-order valence-corrected chi connectivity index (χ1v) is 5.93. The highest BCUT2D eigenvalue weighted by Gasteiger charge is 2.44. The molecule has 0 radical (unpaired) electrons. The first-order valence-electron chi connectivity index (χ1n) is 5.93. The molecule has 0 unspecified atom stereocenters. The number of carbonyl (C=O) groups excluding carboxylic acids is 1. The molecule has 0 bridgehead atoms. The van der Waals surface area contributed by atoms with E-state index < -0.39 is 5.79 Å². The number of ether oxygens (including phenoxy) is 3. The van der Waals surface area contributed by atoms with Crippen LogP contribution in [0.3, 0.4) is 0 Å². The average molecular weight is 260 g/mol. The maximum Gasteiger partial charge on any atom is 0.292 e. The summed E-state index contributed by atoms with van der Waals surface area (Å²) in [6.07, 6.45) is 4.71. The monoisotopic (exact) mass is 260 g/mol. The van der Waals surface area contributed by atoms with Crippen molar-refractivity contribution in [1.29, 1.82) is 0 Å². The number of hydrogen-bond acceptors (Lipinski definition) is 4. The number of rotatable bonds is 5. The van der Waals surface area contributed by atoms with Gasteiger partial charge in [-0.1, -0.05) is 36.4 Å². The van der Waals surface area contributed by atoms with Crippen LogP contribution in [0.25, 0.3) is 0 Å². The highest BCUT2D eigenvalue weighted by molar-refractivity contribution is 5.99. The molecule has 1 aromatic rings. The quantitative estimate of drug-likeness (QED) is 0.761. The van der Waals surface area contributed by atoms with Gasteiger partial charge in [-0.05, 0) is 17.7 Å². The van der Waals surface area contributed by atoms with Crippen molar-refractivity contribution in [3.05, 3.63) is 59.9 Å². The first-order chi connectivity index (χ1) is 9.23. The fraction of sp³-hybridized carbons (Fsp3) is 0.267. The van der Waals surface area contributed by atoms with Crippen molar-refractivity contribution in [3.8, 4) is 0 Å². The second-order valence-corrected chi connectivity index (χ2v) is 4.05. The van der Waals surface area contributed by atoms with Gasteiger partial charge in [-0.2, -0.15) is 0 Å². The molecule has 0 amide bonds. The number of allylic oxidation sites excluding steroid dienone is 2. The van der Waals surface area contributed by atoms with Gasteiger partial charge in [0.2, 0.25) is 5.78 Å². The fourth-order valence-electron chi connectivity index (χ4n) is 1.93. The summed E-state index contributed by atoms with van der Waals surface area (Å²) in [5, 5.41) is 0. The Morgan fingerprint density at radius 3 is 2.42 bits per heavy atom. The largest absolute Gasteiger partial charge is 0.487 e. The van der Waals surface area contributed by atoms with Gasteiger partial charge in [-0.3, -0.25) is 4.79 Å². The van der Waals surface area contributed by atoms with Crippen LogP contribution in [-0.2, 0) is 25.6 Å². The molecule has 0 atom stereocenters. The van der Waals surface area contributed by atoms with E-state index in [1.54, 1.807) is 12.2 Å². The van der Waals surface area contributed by atoms with Gasteiger partial charge in [-0.25, -0.2) is 0 Å². The minimum atomic E-state index is -1.47. The lowest BCUT2D eigenvalue weighted by Crippen LogP contribution is -2.45. The van der Waals surface area contributed by atoms with Crippen LogP contribution in [-0.4, -0.2) is 25.8 Å². The van der Waals surface area contributed by atoms with E-state index in [4.69, 9.17) is 14.2 Å². The van der Waals surface area contributed by atoms with Gasteiger partial charge in [0.15, 0.2) is 5.76 Å². The lowest BCUT2D eigenvalue weighted by atomic mass is 10.0. The molecule has 0 saturated carbocycles. The van der Waals surface area contributed by atoms with Crippen molar-refractivity contribution >= 4 is 5.78 Å². The van der Waals surface area contributed by atoms with Crippen LogP contribution in [0.1, 0.15) is 5.56 Å². The van der Waals surface area contributed by atoms with E-state index in [0.717, 1.165) is 5.56 Å². The first kappa shape index (κ1) is 13.5. The molecule has 0 aromatic heterocycles. The maximum atomic E-state index is 11.9. The van der Waals surface area contributed by atoms with Gasteiger partial charge < -0.3 is 14.2 Å². The number of hydrogen-bond donors (Lipinski definition) is 0. The van der Waals surface area contributed by atoms with E-state index in [1.165, 1.54) is 20.3 Å². The fourth-order valence-corrected chi connectivity index (χ4v) is 1.93. The van der Waals surface area contributed by atoms with E-state index in [-0.39, 0.29) is 5.78 Å². The maximum absolute atomic E-state index is 11.9. The highest BCUT2D eigenvalue weighted by Crippen LogP contribution is 2.28. The molecule has 1 aromatic carbocycles. The van der Waals surface area contributed by atoms with Crippen molar-refractivity contribution in [1.82, 2.24) is 0 Å². The molecule has 0 N–H and O–H groups in total. The molecule has 0 saturated heterocycles. The number of ketones is 1. The molecule has 4 heteroatoms. The number of carbonyl (C=O) groups is 1. The molecule has 0 fully saturated rings. The summed E-state index contributed by atoms with van der Waals surface area (Å²) in [7, 11) is 2.83. The number of benzene rings is 1. The van der Waals surface area contributed by atoms with E-state index in [0.29, 0.717) is 12.4 Å². The van der Waals surface area contributed by atoms with Crippen LogP contribution >= 0.6 is 0 Å². The summed E-state index contributed by atoms with van der Waals surface area (Å²) in [4.78, 5) is 11.9. The molecule has 100 valence electrons. The van der Waals surface area contributed by atoms with Gasteiger partial charge in [0, 0.05) is 14.2 Å². The molecule has 19 heavy (non-hydrogen) atoms. The van der Waals surface area contributed by atoms with Crippen molar-refractivity contribution in [3.63, 3.8) is 0 Å². The van der Waals surface area contributed by atoms with Crippen LogP contribution < -0.4 is 0 Å². The van der Waals surface area contributed by atoms with Crippen LogP contribution in [0.5, 0.6) is 0 Å². The van der Waals surface area contributed by atoms with Gasteiger partial charge in [0.05, 0.1) is 0 Å². The second-order valence-electron chi connectivity index (χ2n) is 4.05. The molecule has 0 spiro atoms. The summed E-state index contributed by atoms with van der Waals surface area (Å²) in [5.41, 5.74) is 1.01. The Morgan fingerprint density at radius 2 is 1.79 bits per heavy atom. The third-order valence-corrected chi connectivity index (χ3v) is 2.96. The molecule has 4 nitrogen and oxygen atoms in total. The van der Waals surface area contributed by atoms with Crippen LogP contribution in [0.15, 0.2) is 54.3 Å². The Kier molecular flexibility index (Phi) is 4.14. The summed E-state index contributed by atoms with van der Waals surface area (Å²) >= 11 is 0. The summed E-state index contributed by atoms with van der Waals surface area (Å²) < 4.78 is 16.1. The smallest absolute Gasteiger partial charge is 0.292 e. The minimum Gasteiger partial charge on any atom is -0.487 e. The number of methoxy groups -OCH3 is 2. The Balaban J connectivity index is 2.15. The van der Waals surface area contributed by atoms with Crippen LogP contribution in [0.4, 0.5) is 0 Å². The van der Waals surface area contributed by atoms with Gasteiger partial charge in [-0.15, -0.1) is 0 Å². The molecule has 0 heterocycles. The SMILES string of the molecule is COC1(OC)C(=O)C=CC=C1OCc1ccccc1. The summed E-state index contributed by atoms with van der Waals surface area (Å²) in [6.45, 7) is 0.349. The van der Waals surface area contributed by atoms with Crippen molar-refractivity contribution < 1.29 is 19.0 Å². The highest BCUT2D eigenvalue weighted by atomic mass is 16.7. The average Bonchev–Trinajstić information content (AvgIpc) is 2.47. The third-order valence-electron chi connectivity index (χ3n) is 2.96. The lowest BCUT2D eigenvalue weighted by Gasteiger charge is -2.31. The van der Waals surface area contributed by atoms with E-state index in [1.807, 2.05) is 30.3 Å². The zero-order valence-electron chi connectivity index (χ0n) is 11.0. The molecule has 1 aliphatic rings. The van der Waals surface area contributed by atoms with Gasteiger partial charge >= 0.3 is 0 Å². The van der Waals surface area contributed by atoms with Crippen molar-refractivity contribution in [2.75, 3.05) is 14.2 Å². The molecular weight excluding hydrogens is 244 g/mol. The van der Waals surface area contributed by atoms with Crippen LogP contribution in [0, 0.1) is 0 Å². The minimum absolute atomic E-state index is 0.289. The standard InChI is InChI=1S/C15H16O4/c1-17-15(18-2)13(16)9-6-10-14(15)19-11-12-7-4-3-5-8-12/h3-10H,11H2,1-2H3. The Labute approximate surface area is 112 Å². The van der Waals surface area contributed by atoms with E-state index >= 15 is 0 Å². The zero-order chi connectivity index (χ0) is 13.7. The summed E-state index contributed by atoms with van der Waals surface area (Å²) in [6, 6.07) is 9.69. The van der Waals surface area contributed by atoms with Gasteiger partial charge in [0.25, 0.3) is 5.79 Å². The van der Waals surface area contributed by atoms with E-state index in [2.05, 4.69) is 0 Å². The molecule has 1 aliphatic carbocycles. The molecule has 2 rings (SSSR count). The lowest BCUT2D eigenvalue weighted by molar-refractivity contribution is -0.201. The normalized spacial score (nSPS) is 17.2. The van der Waals surface area contributed by atoms with Crippen molar-refractivity contribution in [2.45, 2.75) is 12.4 Å². The Bertz CT molecular complexity index is 498. The van der Waals surface area contributed by atoms with Crippen LogP contribution in [0.2, 0.25) is 0 Å². The Hall–Kier alpha value is -1.91. The molecular formula is C15H16O4. The van der Waals surface area contributed by atoms with Gasteiger partial charge in [0.1, 0.15) is 6.61 Å². The Morgan fingerprint density at radius 1 is 1.11 bits per heavy atom. The third kappa shape index (κ3) is 2.59. The predicted octanol–water partition coefficient (Wildman–Crippen LogP) is 2.22. The zero-order valence-corrected chi connectivity index (χ0v) is 11.0. The summed E-state index contributed by atoms with van der Waals surface area (Å²) in [5.74, 6) is -1.40. The second kappa shape index (κ2) is 5.82. The van der Waals surface area contributed by atoms with Crippen molar-refractivity contribution in [2.24, 2.45) is 0 Å². The molecule has 0 aliphatic heterocycles. The van der Waals surface area contributed by atoms with E-state index in [9.17, 15) is 4.79 Å². The topological polar surface area (TPSA) is 44.8 Å². The predicted molar refractivity (Wildman–Crippen MR) is 70.2 cm³/mol.